The summed E-state index contributed by atoms with van der Waals surface area (Å²) in [6.07, 6.45) is 3.62. The van der Waals surface area contributed by atoms with Gasteiger partial charge in [0, 0.05) is 51.6 Å². The Morgan fingerprint density at radius 1 is 0.830 bits per heavy atom. The maximum Gasteiger partial charge on any atom is 0.280 e. The molecular weight excluding hydrogens is 609 g/mol. The van der Waals surface area contributed by atoms with Gasteiger partial charge in [0.1, 0.15) is 11.5 Å². The van der Waals surface area contributed by atoms with Gasteiger partial charge in [0.05, 0.1) is 17.1 Å². The molecule has 10 nitrogen and oxygen atoms in total. The highest BCUT2D eigenvalue weighted by Gasteiger charge is 2.24. The highest BCUT2D eigenvalue weighted by Crippen LogP contribution is 2.35. The Kier molecular flexibility index (Phi) is 7.66. The number of imidazole rings is 1. The molecular formula is C36H30N8O2S. The number of rotatable bonds is 7. The predicted molar refractivity (Wildman–Crippen MR) is 184 cm³/mol. The largest absolute Gasteiger partial charge is 0.322 e. The zero-order valence-electron chi connectivity index (χ0n) is 25.9. The van der Waals surface area contributed by atoms with E-state index in [1.54, 1.807) is 30.5 Å². The number of aromatic nitrogens is 6. The number of carbonyl (C=O) groups is 2. The van der Waals surface area contributed by atoms with Gasteiger partial charge in [-0.25, -0.2) is 15.0 Å². The summed E-state index contributed by atoms with van der Waals surface area (Å²) < 4.78 is 3.35. The van der Waals surface area contributed by atoms with Gasteiger partial charge in [0.15, 0.2) is 4.96 Å². The standard InChI is InChI=1S/C36H30N8O2S/c1-36(2,3)28-22-29(44(42-28)33(46)24-13-8-5-9-14-24)40-34-37-18-17-27(39-34)31-30(41-35-43(31)19-20-47-35)25-15-10-16-26(21-25)38-32(45)23-11-6-4-7-12-23/h4-22H,1-3H3,(H,38,45)(H,37,39,40). The first-order chi connectivity index (χ1) is 22.7. The van der Waals surface area contributed by atoms with Crippen LogP contribution in [0.4, 0.5) is 17.5 Å². The number of anilines is 3. The maximum absolute atomic E-state index is 13.5. The topological polar surface area (TPSA) is 119 Å². The molecule has 0 aliphatic rings. The SMILES string of the molecule is CC(C)(C)c1cc(Nc2nccc(-c3c(-c4cccc(NC(=O)c5ccccc5)c4)nc4sccn34)n2)n(C(=O)c2ccccc2)n1. The number of nitrogens with one attached hydrogen (secondary N) is 2. The summed E-state index contributed by atoms with van der Waals surface area (Å²) in [6, 6.07) is 29.4. The third kappa shape index (κ3) is 6.03. The van der Waals surface area contributed by atoms with Gasteiger partial charge in [-0.1, -0.05) is 69.3 Å². The summed E-state index contributed by atoms with van der Waals surface area (Å²) >= 11 is 1.51. The van der Waals surface area contributed by atoms with E-state index in [0.29, 0.717) is 40.0 Å². The summed E-state index contributed by atoms with van der Waals surface area (Å²) in [5.41, 5.74) is 5.10. The van der Waals surface area contributed by atoms with Crippen molar-refractivity contribution in [1.29, 1.82) is 0 Å². The lowest BCUT2D eigenvalue weighted by Crippen LogP contribution is -2.18. The van der Waals surface area contributed by atoms with E-state index >= 15 is 0 Å². The summed E-state index contributed by atoms with van der Waals surface area (Å²) in [7, 11) is 0. The van der Waals surface area contributed by atoms with Crippen LogP contribution in [-0.4, -0.2) is 40.9 Å². The minimum Gasteiger partial charge on any atom is -0.322 e. The Hall–Kier alpha value is -5.94. The molecule has 0 saturated carbocycles. The molecule has 0 atom stereocenters. The molecule has 4 aromatic heterocycles. The first kappa shape index (κ1) is 29.8. The van der Waals surface area contributed by atoms with Crippen LogP contribution in [0.5, 0.6) is 0 Å². The molecule has 7 rings (SSSR count). The van der Waals surface area contributed by atoms with E-state index in [4.69, 9.17) is 9.97 Å². The fourth-order valence-electron chi connectivity index (χ4n) is 5.13. The smallest absolute Gasteiger partial charge is 0.280 e. The van der Waals surface area contributed by atoms with Crippen molar-refractivity contribution in [2.24, 2.45) is 0 Å². The van der Waals surface area contributed by atoms with Gasteiger partial charge in [-0.05, 0) is 42.5 Å². The molecule has 0 radical (unpaired) electrons. The number of amides is 1. The number of carbonyl (C=O) groups excluding carboxylic acids is 2. The summed E-state index contributed by atoms with van der Waals surface area (Å²) in [5, 5.41) is 12.9. The second-order valence-corrected chi connectivity index (χ2v) is 12.8. The van der Waals surface area contributed by atoms with E-state index in [1.807, 2.05) is 110 Å². The minimum absolute atomic E-state index is 0.195. The van der Waals surface area contributed by atoms with Crippen molar-refractivity contribution in [3.63, 3.8) is 0 Å². The normalized spacial score (nSPS) is 11.5. The van der Waals surface area contributed by atoms with E-state index in [-0.39, 0.29) is 17.2 Å². The van der Waals surface area contributed by atoms with Crippen molar-refractivity contribution in [2.45, 2.75) is 26.2 Å². The molecule has 232 valence electrons. The number of benzene rings is 3. The van der Waals surface area contributed by atoms with E-state index in [9.17, 15) is 9.59 Å². The van der Waals surface area contributed by atoms with Gasteiger partial charge in [0.25, 0.3) is 11.8 Å². The first-order valence-electron chi connectivity index (χ1n) is 15.0. The van der Waals surface area contributed by atoms with Crippen LogP contribution < -0.4 is 10.6 Å². The second kappa shape index (κ2) is 12.1. The third-order valence-corrected chi connectivity index (χ3v) is 8.28. The van der Waals surface area contributed by atoms with Crippen LogP contribution in [0.15, 0.2) is 115 Å². The number of fused-ring (bicyclic) bond motifs is 1. The molecule has 0 unspecified atom stereocenters. The van der Waals surface area contributed by atoms with Gasteiger partial charge in [-0.15, -0.1) is 11.3 Å². The average molecular weight is 639 g/mol. The quantitative estimate of drug-likeness (QED) is 0.184. The maximum atomic E-state index is 13.5. The minimum atomic E-state index is -0.298. The highest BCUT2D eigenvalue weighted by molar-refractivity contribution is 7.15. The van der Waals surface area contributed by atoms with E-state index in [0.717, 1.165) is 21.9 Å². The van der Waals surface area contributed by atoms with Crippen molar-refractivity contribution < 1.29 is 9.59 Å². The van der Waals surface area contributed by atoms with Gasteiger partial charge in [-0.2, -0.15) is 9.78 Å². The fourth-order valence-corrected chi connectivity index (χ4v) is 5.84. The molecule has 0 fully saturated rings. The Bertz CT molecular complexity index is 2230. The fraction of sp³-hybridized carbons (Fsp3) is 0.111. The number of thiazole rings is 1. The molecule has 0 bridgehead atoms. The van der Waals surface area contributed by atoms with Crippen LogP contribution in [0.3, 0.4) is 0 Å². The van der Waals surface area contributed by atoms with Crippen molar-refractivity contribution >= 4 is 45.6 Å². The van der Waals surface area contributed by atoms with E-state index in [1.165, 1.54) is 16.0 Å². The number of nitrogens with zero attached hydrogens (tertiary/aromatic N) is 6. The second-order valence-electron chi connectivity index (χ2n) is 11.9. The predicted octanol–water partition coefficient (Wildman–Crippen LogP) is 7.70. The van der Waals surface area contributed by atoms with Gasteiger partial charge >= 0.3 is 0 Å². The highest BCUT2D eigenvalue weighted by atomic mass is 32.1. The Labute approximate surface area is 274 Å². The molecule has 47 heavy (non-hydrogen) atoms. The van der Waals surface area contributed by atoms with Crippen LogP contribution in [-0.2, 0) is 5.41 Å². The van der Waals surface area contributed by atoms with Crippen molar-refractivity contribution in [2.75, 3.05) is 10.6 Å². The molecule has 0 saturated heterocycles. The number of hydrogen-bond acceptors (Lipinski definition) is 8. The van der Waals surface area contributed by atoms with Crippen LogP contribution in [0, 0.1) is 0 Å². The van der Waals surface area contributed by atoms with Crippen LogP contribution in [0.2, 0.25) is 0 Å². The van der Waals surface area contributed by atoms with Crippen LogP contribution in [0.1, 0.15) is 47.2 Å². The Balaban J connectivity index is 1.25. The third-order valence-electron chi connectivity index (χ3n) is 7.52. The Morgan fingerprint density at radius 2 is 1.57 bits per heavy atom. The van der Waals surface area contributed by atoms with Crippen molar-refractivity contribution in [1.82, 2.24) is 29.1 Å². The van der Waals surface area contributed by atoms with Crippen molar-refractivity contribution in [3.8, 4) is 22.6 Å². The zero-order valence-corrected chi connectivity index (χ0v) is 26.7. The average Bonchev–Trinajstić information content (AvgIpc) is 3.81. The van der Waals surface area contributed by atoms with Gasteiger partial charge < -0.3 is 10.6 Å². The molecule has 3 aromatic carbocycles. The molecule has 1 amide bonds. The molecule has 0 aliphatic heterocycles. The van der Waals surface area contributed by atoms with Gasteiger partial charge in [-0.3, -0.25) is 14.0 Å². The molecule has 4 heterocycles. The Morgan fingerprint density at radius 3 is 2.32 bits per heavy atom. The van der Waals surface area contributed by atoms with E-state index < -0.39 is 0 Å². The zero-order chi connectivity index (χ0) is 32.5. The lowest BCUT2D eigenvalue weighted by molar-refractivity contribution is 0.0946. The van der Waals surface area contributed by atoms with Gasteiger partial charge in [0.2, 0.25) is 5.95 Å². The molecule has 11 heteroatoms. The monoisotopic (exact) mass is 638 g/mol. The van der Waals surface area contributed by atoms with Crippen LogP contribution in [0.25, 0.3) is 27.6 Å². The van der Waals surface area contributed by atoms with Crippen LogP contribution >= 0.6 is 11.3 Å². The first-order valence-corrected chi connectivity index (χ1v) is 15.9. The molecule has 0 aliphatic carbocycles. The summed E-state index contributed by atoms with van der Waals surface area (Å²) in [4.78, 5) is 41.5. The summed E-state index contributed by atoms with van der Waals surface area (Å²) in [6.45, 7) is 6.13. The number of hydrogen-bond donors (Lipinski definition) is 2. The lowest BCUT2D eigenvalue weighted by atomic mass is 9.92. The van der Waals surface area contributed by atoms with E-state index in [2.05, 4.69) is 20.7 Å². The molecule has 7 aromatic rings. The molecule has 2 N–H and O–H groups in total. The molecule has 0 spiro atoms. The lowest BCUT2D eigenvalue weighted by Gasteiger charge is -2.13. The summed E-state index contributed by atoms with van der Waals surface area (Å²) in [5.74, 6) is 0.291. The van der Waals surface area contributed by atoms with Crippen molar-refractivity contribution in [3.05, 3.63) is 132 Å².